The van der Waals surface area contributed by atoms with Crippen molar-refractivity contribution in [3.05, 3.63) is 16.6 Å². The summed E-state index contributed by atoms with van der Waals surface area (Å²) in [6.45, 7) is 0.483. The van der Waals surface area contributed by atoms with Gasteiger partial charge in [0.2, 0.25) is 10.0 Å². The lowest BCUT2D eigenvalue weighted by atomic mass is 10.1. The Hall–Kier alpha value is -0.540. The fraction of sp³-hybridized carbons (Fsp3) is 0.571. The molecule has 1 fully saturated rings. The third-order valence-corrected chi connectivity index (χ3v) is 6.13. The number of benzene rings is 1. The van der Waals surface area contributed by atoms with E-state index in [4.69, 9.17) is 15.2 Å². The first kappa shape index (κ1) is 20.5. The molecule has 6 nitrogen and oxygen atoms in total. The van der Waals surface area contributed by atoms with Gasteiger partial charge in [0, 0.05) is 12.1 Å². The molecule has 0 aliphatic heterocycles. The maximum Gasteiger partial charge on any atom is 0.244 e. The van der Waals surface area contributed by atoms with Crippen molar-refractivity contribution in [2.75, 3.05) is 20.8 Å². The average Bonchev–Trinajstić information content (AvgIpc) is 2.93. The van der Waals surface area contributed by atoms with Gasteiger partial charge >= 0.3 is 0 Å². The van der Waals surface area contributed by atoms with Crippen LogP contribution in [0.5, 0.6) is 11.5 Å². The van der Waals surface area contributed by atoms with Gasteiger partial charge in [-0.15, -0.1) is 12.4 Å². The maximum absolute atomic E-state index is 12.7. The Morgan fingerprint density at radius 1 is 1.26 bits per heavy atom. The maximum atomic E-state index is 12.7. The number of sulfonamides is 1. The standard InChI is InChI=1S/C14H21BrN2O4S.ClH/c1-20-12-7-13(21-2)14(6-10(12)15)22(18,19)17-11-5-3-4-9(11)8-16;/h6-7,9,11,17H,3-5,8,16H2,1-2H3;1H. The summed E-state index contributed by atoms with van der Waals surface area (Å²) in [6, 6.07) is 2.92. The molecule has 9 heteroatoms. The molecule has 1 saturated carbocycles. The molecule has 3 N–H and O–H groups in total. The molecule has 1 aromatic carbocycles. The predicted molar refractivity (Wildman–Crippen MR) is 95.0 cm³/mol. The van der Waals surface area contributed by atoms with Gasteiger partial charge in [0.25, 0.3) is 0 Å². The van der Waals surface area contributed by atoms with Crippen molar-refractivity contribution in [2.24, 2.45) is 11.7 Å². The van der Waals surface area contributed by atoms with Crippen LogP contribution in [0.3, 0.4) is 0 Å². The average molecular weight is 430 g/mol. The van der Waals surface area contributed by atoms with Crippen molar-refractivity contribution in [3.8, 4) is 11.5 Å². The molecular weight excluding hydrogens is 408 g/mol. The first-order valence-corrected chi connectivity index (χ1v) is 9.34. The highest BCUT2D eigenvalue weighted by Gasteiger charge is 2.32. The van der Waals surface area contributed by atoms with Crippen LogP contribution in [0.1, 0.15) is 19.3 Å². The molecule has 2 rings (SSSR count). The van der Waals surface area contributed by atoms with Crippen molar-refractivity contribution in [1.29, 1.82) is 0 Å². The van der Waals surface area contributed by atoms with E-state index in [2.05, 4.69) is 20.7 Å². The Bertz CT molecular complexity index is 642. The van der Waals surface area contributed by atoms with Gasteiger partial charge in [-0.05, 0) is 47.3 Å². The van der Waals surface area contributed by atoms with Gasteiger partial charge in [0.15, 0.2) is 0 Å². The van der Waals surface area contributed by atoms with E-state index in [0.29, 0.717) is 16.8 Å². The molecule has 1 aliphatic carbocycles. The van der Waals surface area contributed by atoms with E-state index < -0.39 is 10.0 Å². The molecule has 23 heavy (non-hydrogen) atoms. The SMILES string of the molecule is COc1cc(OC)c(S(=O)(=O)NC2CCCC2CN)cc1Br.Cl. The highest BCUT2D eigenvalue weighted by molar-refractivity contribution is 9.10. The summed E-state index contributed by atoms with van der Waals surface area (Å²) in [6.07, 6.45) is 2.74. The van der Waals surface area contributed by atoms with Gasteiger partial charge in [0.1, 0.15) is 16.4 Å². The number of nitrogens with one attached hydrogen (secondary N) is 1. The molecule has 0 radical (unpaired) electrons. The molecule has 0 bridgehead atoms. The molecule has 2 atom stereocenters. The first-order valence-electron chi connectivity index (χ1n) is 7.07. The highest BCUT2D eigenvalue weighted by Crippen LogP contribution is 2.36. The van der Waals surface area contributed by atoms with Gasteiger partial charge in [-0.2, -0.15) is 0 Å². The normalized spacial score (nSPS) is 20.9. The topological polar surface area (TPSA) is 90.6 Å². The van der Waals surface area contributed by atoms with Gasteiger partial charge in [-0.1, -0.05) is 6.42 Å². The number of ether oxygens (including phenoxy) is 2. The summed E-state index contributed by atoms with van der Waals surface area (Å²) in [7, 11) is -0.752. The molecule has 0 aromatic heterocycles. The Balaban J connectivity index is 0.00000264. The zero-order valence-corrected chi connectivity index (χ0v) is 16.3. The molecule has 0 spiro atoms. The predicted octanol–water partition coefficient (Wildman–Crippen LogP) is 2.29. The molecule has 132 valence electrons. The largest absolute Gasteiger partial charge is 0.495 e. The second-order valence-corrected chi connectivity index (χ2v) is 7.83. The second kappa shape index (κ2) is 8.53. The van der Waals surface area contributed by atoms with Gasteiger partial charge in [0.05, 0.1) is 18.7 Å². The summed E-state index contributed by atoms with van der Waals surface area (Å²) >= 11 is 3.31. The third-order valence-electron chi connectivity index (χ3n) is 4.00. The fourth-order valence-corrected chi connectivity index (χ4v) is 4.95. The number of halogens is 2. The lowest BCUT2D eigenvalue weighted by molar-refractivity contribution is 0.383. The fourth-order valence-electron chi connectivity index (χ4n) is 2.78. The van der Waals surface area contributed by atoms with Crippen LogP contribution < -0.4 is 19.9 Å². The smallest absolute Gasteiger partial charge is 0.244 e. The van der Waals surface area contributed by atoms with E-state index in [-0.39, 0.29) is 35.0 Å². The van der Waals surface area contributed by atoms with Crippen molar-refractivity contribution >= 4 is 38.4 Å². The van der Waals surface area contributed by atoms with E-state index in [9.17, 15) is 8.42 Å². The van der Waals surface area contributed by atoms with Crippen molar-refractivity contribution in [2.45, 2.75) is 30.2 Å². The molecule has 0 amide bonds. The van der Waals surface area contributed by atoms with Gasteiger partial charge < -0.3 is 15.2 Å². The summed E-state index contributed by atoms with van der Waals surface area (Å²) in [4.78, 5) is 0.0883. The summed E-state index contributed by atoms with van der Waals surface area (Å²) < 4.78 is 39.1. The van der Waals surface area contributed by atoms with Crippen LogP contribution in [0.2, 0.25) is 0 Å². The van der Waals surface area contributed by atoms with Crippen LogP contribution in [0, 0.1) is 5.92 Å². The Morgan fingerprint density at radius 3 is 2.48 bits per heavy atom. The lowest BCUT2D eigenvalue weighted by Gasteiger charge is -2.20. The van der Waals surface area contributed by atoms with Crippen molar-refractivity contribution < 1.29 is 17.9 Å². The molecular formula is C14H22BrClN2O4S. The van der Waals surface area contributed by atoms with Crippen molar-refractivity contribution in [1.82, 2.24) is 4.72 Å². The zero-order valence-electron chi connectivity index (χ0n) is 13.0. The van der Waals surface area contributed by atoms with Crippen LogP contribution in [-0.4, -0.2) is 35.2 Å². The highest BCUT2D eigenvalue weighted by atomic mass is 79.9. The number of nitrogens with two attached hydrogens (primary N) is 1. The summed E-state index contributed by atoms with van der Waals surface area (Å²) in [5.41, 5.74) is 5.72. The van der Waals surface area contributed by atoms with Crippen molar-refractivity contribution in [3.63, 3.8) is 0 Å². The molecule has 2 unspecified atom stereocenters. The van der Waals surface area contributed by atoms with E-state index in [1.165, 1.54) is 20.3 Å². The van der Waals surface area contributed by atoms with Crippen LogP contribution in [-0.2, 0) is 10.0 Å². The number of rotatable bonds is 6. The minimum atomic E-state index is -3.69. The number of methoxy groups -OCH3 is 2. The minimum Gasteiger partial charge on any atom is -0.495 e. The monoisotopic (exact) mass is 428 g/mol. The third kappa shape index (κ3) is 4.51. The van der Waals surface area contributed by atoms with E-state index in [0.717, 1.165) is 19.3 Å². The zero-order chi connectivity index (χ0) is 16.3. The summed E-state index contributed by atoms with van der Waals surface area (Å²) in [5, 5.41) is 0. The van der Waals surface area contributed by atoms with Crippen LogP contribution in [0.25, 0.3) is 0 Å². The molecule has 1 aliphatic rings. The molecule has 1 aromatic rings. The Morgan fingerprint density at radius 2 is 1.91 bits per heavy atom. The second-order valence-electron chi connectivity index (χ2n) is 5.29. The molecule has 0 saturated heterocycles. The lowest BCUT2D eigenvalue weighted by Crippen LogP contribution is -2.39. The van der Waals surface area contributed by atoms with E-state index >= 15 is 0 Å². The Labute approximate surface area is 151 Å². The Kier molecular flexibility index (Phi) is 7.60. The van der Waals surface area contributed by atoms with Crippen LogP contribution >= 0.6 is 28.3 Å². The van der Waals surface area contributed by atoms with E-state index in [1.54, 1.807) is 6.07 Å². The minimum absolute atomic E-state index is 0. The summed E-state index contributed by atoms with van der Waals surface area (Å²) in [5.74, 6) is 0.939. The van der Waals surface area contributed by atoms with Crippen LogP contribution in [0.4, 0.5) is 0 Å². The van der Waals surface area contributed by atoms with E-state index in [1.807, 2.05) is 0 Å². The number of hydrogen-bond donors (Lipinski definition) is 2. The molecule has 0 heterocycles. The first-order chi connectivity index (χ1) is 10.4. The van der Waals surface area contributed by atoms with Crippen LogP contribution in [0.15, 0.2) is 21.5 Å². The van der Waals surface area contributed by atoms with Gasteiger partial charge in [-0.25, -0.2) is 13.1 Å². The number of hydrogen-bond acceptors (Lipinski definition) is 5. The van der Waals surface area contributed by atoms with Gasteiger partial charge in [-0.3, -0.25) is 0 Å². The quantitative estimate of drug-likeness (QED) is 0.724.